The molecule has 2 aliphatic rings. The van der Waals surface area contributed by atoms with Crippen molar-refractivity contribution in [1.82, 2.24) is 9.88 Å². The topological polar surface area (TPSA) is 60.2 Å². The Kier molecular flexibility index (Phi) is 4.51. The summed E-state index contributed by atoms with van der Waals surface area (Å²) >= 11 is 0. The quantitative estimate of drug-likeness (QED) is 0.841. The van der Waals surface area contributed by atoms with Gasteiger partial charge in [-0.2, -0.15) is 5.26 Å². The summed E-state index contributed by atoms with van der Waals surface area (Å²) in [6, 6.07) is 4.27. The van der Waals surface area contributed by atoms with Crippen molar-refractivity contribution in [2.24, 2.45) is 5.92 Å². The van der Waals surface area contributed by atoms with Crippen molar-refractivity contribution in [3.8, 4) is 6.07 Å². The minimum Gasteiger partial charge on any atom is -0.367 e. The molecule has 0 aromatic carbocycles. The number of carbonyl (C=O) groups is 1. The zero-order valence-corrected chi connectivity index (χ0v) is 14.0. The Labute approximate surface area is 137 Å². The van der Waals surface area contributed by atoms with Crippen LogP contribution in [-0.4, -0.2) is 42.0 Å². The lowest BCUT2D eigenvalue weighted by Crippen LogP contribution is -2.50. The van der Waals surface area contributed by atoms with E-state index in [2.05, 4.69) is 16.0 Å². The number of hydrogen-bond donors (Lipinski definition) is 0. The fourth-order valence-electron chi connectivity index (χ4n) is 3.79. The molecule has 2 fully saturated rings. The zero-order chi connectivity index (χ0) is 16.4. The van der Waals surface area contributed by atoms with Crippen LogP contribution < -0.4 is 4.90 Å². The van der Waals surface area contributed by atoms with Crippen molar-refractivity contribution in [3.05, 3.63) is 23.0 Å². The van der Waals surface area contributed by atoms with Crippen LogP contribution in [0.4, 0.5) is 5.69 Å². The smallest absolute Gasteiger partial charge is 0.225 e. The molecule has 0 spiro atoms. The monoisotopic (exact) mass is 312 g/mol. The van der Waals surface area contributed by atoms with Crippen molar-refractivity contribution in [3.63, 3.8) is 0 Å². The number of nitriles is 1. The van der Waals surface area contributed by atoms with E-state index in [9.17, 15) is 10.1 Å². The van der Waals surface area contributed by atoms with Crippen LogP contribution in [-0.2, 0) is 4.79 Å². The van der Waals surface area contributed by atoms with E-state index in [1.165, 1.54) is 12.8 Å². The predicted molar refractivity (Wildman–Crippen MR) is 89.2 cm³/mol. The fraction of sp³-hybridized carbons (Fsp3) is 0.611. The molecule has 5 heteroatoms. The minimum atomic E-state index is 0.252. The van der Waals surface area contributed by atoms with Crippen LogP contribution in [0.15, 0.2) is 6.07 Å². The van der Waals surface area contributed by atoms with Gasteiger partial charge >= 0.3 is 0 Å². The van der Waals surface area contributed by atoms with E-state index in [0.717, 1.165) is 56.1 Å². The number of hydrogen-bond acceptors (Lipinski definition) is 4. The number of nitrogens with zero attached hydrogens (tertiary/aromatic N) is 4. The van der Waals surface area contributed by atoms with Crippen LogP contribution in [0.25, 0.3) is 0 Å². The molecule has 1 aromatic rings. The summed E-state index contributed by atoms with van der Waals surface area (Å²) in [5.41, 5.74) is 3.34. The molecule has 1 amide bonds. The van der Waals surface area contributed by atoms with Crippen LogP contribution in [0.5, 0.6) is 0 Å². The van der Waals surface area contributed by atoms with Gasteiger partial charge in [0.15, 0.2) is 0 Å². The molecule has 0 atom stereocenters. The van der Waals surface area contributed by atoms with Crippen molar-refractivity contribution in [2.75, 3.05) is 31.1 Å². The Morgan fingerprint density at radius 2 is 1.87 bits per heavy atom. The third-order valence-corrected chi connectivity index (χ3v) is 5.06. The number of amides is 1. The van der Waals surface area contributed by atoms with Crippen LogP contribution in [0.2, 0.25) is 0 Å². The molecule has 23 heavy (non-hydrogen) atoms. The first-order valence-electron chi connectivity index (χ1n) is 8.52. The summed E-state index contributed by atoms with van der Waals surface area (Å²) in [5.74, 6) is 0.589. The molecule has 0 radical (unpaired) electrons. The Bertz CT molecular complexity index is 635. The molecule has 1 saturated carbocycles. The van der Waals surface area contributed by atoms with Gasteiger partial charge in [-0.05, 0) is 32.8 Å². The van der Waals surface area contributed by atoms with E-state index in [1.54, 1.807) is 0 Å². The summed E-state index contributed by atoms with van der Waals surface area (Å²) < 4.78 is 0. The molecule has 3 rings (SSSR count). The molecular formula is C18H24N4O. The van der Waals surface area contributed by atoms with Crippen molar-refractivity contribution in [1.29, 1.82) is 5.26 Å². The molecule has 2 heterocycles. The molecule has 1 aliphatic heterocycles. The molecule has 0 N–H and O–H groups in total. The number of anilines is 1. The average Bonchev–Trinajstić information content (AvgIpc) is 3.08. The number of pyridine rings is 1. The first kappa shape index (κ1) is 15.8. The standard InChI is InChI=1S/C18H24N4O/c1-13-11-17(16(12-19)14(2)20-13)21-7-9-22(10-8-21)18(23)15-5-3-4-6-15/h11,15H,3-10H2,1-2H3. The van der Waals surface area contributed by atoms with Gasteiger partial charge in [-0.3, -0.25) is 9.78 Å². The molecule has 1 saturated heterocycles. The summed E-state index contributed by atoms with van der Waals surface area (Å²) in [6.45, 7) is 6.92. The number of rotatable bonds is 2. The minimum absolute atomic E-state index is 0.252. The lowest BCUT2D eigenvalue weighted by molar-refractivity contribution is -0.135. The highest BCUT2D eigenvalue weighted by atomic mass is 16.2. The normalized spacial score (nSPS) is 19.0. The molecule has 1 aromatic heterocycles. The maximum absolute atomic E-state index is 12.5. The van der Waals surface area contributed by atoms with E-state index in [1.807, 2.05) is 24.8 Å². The van der Waals surface area contributed by atoms with Crippen LogP contribution >= 0.6 is 0 Å². The second kappa shape index (κ2) is 6.57. The maximum atomic E-state index is 12.5. The number of piperazine rings is 1. The van der Waals surface area contributed by atoms with Crippen LogP contribution in [0.3, 0.4) is 0 Å². The van der Waals surface area contributed by atoms with Crippen LogP contribution in [0.1, 0.15) is 42.6 Å². The summed E-state index contributed by atoms with van der Waals surface area (Å²) in [5, 5.41) is 9.42. The lowest BCUT2D eigenvalue weighted by atomic mass is 10.1. The predicted octanol–water partition coefficient (Wildman–Crippen LogP) is 2.41. The van der Waals surface area contributed by atoms with Gasteiger partial charge in [0, 0.05) is 37.8 Å². The summed E-state index contributed by atoms with van der Waals surface area (Å²) in [6.07, 6.45) is 4.50. The second-order valence-electron chi connectivity index (χ2n) is 6.65. The van der Waals surface area contributed by atoms with Gasteiger partial charge in [0.25, 0.3) is 0 Å². The SMILES string of the molecule is Cc1cc(N2CCN(C(=O)C3CCCC3)CC2)c(C#N)c(C)n1. The molecule has 5 nitrogen and oxygen atoms in total. The third-order valence-electron chi connectivity index (χ3n) is 5.06. The van der Waals surface area contributed by atoms with Gasteiger partial charge in [-0.25, -0.2) is 0 Å². The zero-order valence-electron chi connectivity index (χ0n) is 14.0. The summed E-state index contributed by atoms with van der Waals surface area (Å²) in [7, 11) is 0. The van der Waals surface area contributed by atoms with Gasteiger partial charge < -0.3 is 9.80 Å². The van der Waals surface area contributed by atoms with Crippen molar-refractivity contribution < 1.29 is 4.79 Å². The first-order valence-corrected chi connectivity index (χ1v) is 8.52. The van der Waals surface area contributed by atoms with E-state index in [4.69, 9.17) is 0 Å². The Hall–Kier alpha value is -2.09. The van der Waals surface area contributed by atoms with Crippen molar-refractivity contribution in [2.45, 2.75) is 39.5 Å². The highest BCUT2D eigenvalue weighted by molar-refractivity contribution is 5.79. The van der Waals surface area contributed by atoms with E-state index >= 15 is 0 Å². The first-order chi connectivity index (χ1) is 11.1. The highest BCUT2D eigenvalue weighted by Gasteiger charge is 2.30. The van der Waals surface area contributed by atoms with Gasteiger partial charge in [0.05, 0.1) is 16.9 Å². The van der Waals surface area contributed by atoms with Gasteiger partial charge in [0.2, 0.25) is 5.91 Å². The molecule has 0 unspecified atom stereocenters. The third kappa shape index (κ3) is 3.17. The van der Waals surface area contributed by atoms with Crippen molar-refractivity contribution >= 4 is 11.6 Å². The Morgan fingerprint density at radius 3 is 2.48 bits per heavy atom. The van der Waals surface area contributed by atoms with E-state index in [-0.39, 0.29) is 5.92 Å². The molecule has 122 valence electrons. The largest absolute Gasteiger partial charge is 0.367 e. The maximum Gasteiger partial charge on any atom is 0.225 e. The molecular weight excluding hydrogens is 288 g/mol. The summed E-state index contributed by atoms with van der Waals surface area (Å²) in [4.78, 5) is 21.1. The number of aryl methyl sites for hydroxylation is 2. The number of carbonyl (C=O) groups excluding carboxylic acids is 1. The number of aromatic nitrogens is 1. The average molecular weight is 312 g/mol. The lowest BCUT2D eigenvalue weighted by Gasteiger charge is -2.37. The molecule has 1 aliphatic carbocycles. The molecule has 0 bridgehead atoms. The van der Waals surface area contributed by atoms with Gasteiger partial charge in [-0.15, -0.1) is 0 Å². The van der Waals surface area contributed by atoms with E-state index in [0.29, 0.717) is 11.5 Å². The van der Waals surface area contributed by atoms with E-state index < -0.39 is 0 Å². The van der Waals surface area contributed by atoms with Gasteiger partial charge in [-0.1, -0.05) is 12.8 Å². The second-order valence-corrected chi connectivity index (χ2v) is 6.65. The Morgan fingerprint density at radius 1 is 1.22 bits per heavy atom. The Balaban J connectivity index is 1.70. The highest BCUT2D eigenvalue weighted by Crippen LogP contribution is 2.28. The van der Waals surface area contributed by atoms with Crippen LogP contribution in [0, 0.1) is 31.1 Å². The fourth-order valence-corrected chi connectivity index (χ4v) is 3.79. The van der Waals surface area contributed by atoms with Gasteiger partial charge in [0.1, 0.15) is 6.07 Å².